The Kier molecular flexibility index (Phi) is 2.51. The third kappa shape index (κ3) is 1.52. The van der Waals surface area contributed by atoms with Gasteiger partial charge in [-0.15, -0.1) is 0 Å². The van der Waals surface area contributed by atoms with Crippen LogP contribution >= 0.6 is 0 Å². The quantitative estimate of drug-likeness (QED) is 0.749. The molecule has 5 heteroatoms. The minimum Gasteiger partial charge on any atom is -0.492 e. The average molecular weight is 231 g/mol. The van der Waals surface area contributed by atoms with Crippen molar-refractivity contribution in [3.05, 3.63) is 46.7 Å². The fraction of sp³-hybridized carbons (Fsp3) is 0.0833. The maximum atomic E-state index is 12.0. The van der Waals surface area contributed by atoms with Crippen LogP contribution in [-0.4, -0.2) is 24.6 Å². The van der Waals surface area contributed by atoms with E-state index in [0.717, 1.165) is 0 Å². The number of ketones is 2. The maximum Gasteiger partial charge on any atom is 0.256 e. The van der Waals surface area contributed by atoms with Crippen LogP contribution in [0.1, 0.15) is 20.7 Å². The van der Waals surface area contributed by atoms with Crippen molar-refractivity contribution in [2.45, 2.75) is 0 Å². The summed E-state index contributed by atoms with van der Waals surface area (Å²) in [5.74, 6) is -2.34. The SMILES string of the molecule is COC1=C(C(N)=O)C(=O)c2ccccc2C1=O. The number of carbonyl (C=O) groups excluding carboxylic acids is 3. The number of amides is 1. The van der Waals surface area contributed by atoms with E-state index in [9.17, 15) is 14.4 Å². The van der Waals surface area contributed by atoms with Crippen LogP contribution in [0.3, 0.4) is 0 Å². The van der Waals surface area contributed by atoms with Crippen molar-refractivity contribution in [2.24, 2.45) is 5.73 Å². The molecule has 1 aliphatic rings. The largest absolute Gasteiger partial charge is 0.492 e. The summed E-state index contributed by atoms with van der Waals surface area (Å²) in [6.07, 6.45) is 0. The summed E-state index contributed by atoms with van der Waals surface area (Å²) in [5.41, 5.74) is 5.10. The number of carbonyl (C=O) groups is 3. The van der Waals surface area contributed by atoms with Gasteiger partial charge in [-0.3, -0.25) is 14.4 Å². The molecule has 0 heterocycles. The van der Waals surface area contributed by atoms with Crippen molar-refractivity contribution in [3.8, 4) is 0 Å². The Labute approximate surface area is 96.9 Å². The lowest BCUT2D eigenvalue weighted by atomic mass is 9.88. The monoisotopic (exact) mass is 231 g/mol. The van der Waals surface area contributed by atoms with Gasteiger partial charge in [-0.1, -0.05) is 24.3 Å². The van der Waals surface area contributed by atoms with Gasteiger partial charge in [0.05, 0.1) is 7.11 Å². The van der Waals surface area contributed by atoms with Crippen molar-refractivity contribution >= 4 is 17.5 Å². The number of rotatable bonds is 2. The molecule has 2 rings (SSSR count). The van der Waals surface area contributed by atoms with Crippen LogP contribution in [-0.2, 0) is 9.53 Å². The van der Waals surface area contributed by atoms with Gasteiger partial charge in [0.25, 0.3) is 5.91 Å². The van der Waals surface area contributed by atoms with Crippen LogP contribution in [0.5, 0.6) is 0 Å². The second-order valence-corrected chi connectivity index (χ2v) is 3.48. The van der Waals surface area contributed by atoms with Crippen LogP contribution in [0.2, 0.25) is 0 Å². The standard InChI is InChI=1S/C12H9NO4/c1-17-11-8(12(13)16)9(14)6-4-2-3-5-7(6)10(11)15/h2-5H,1H3,(H2,13,16). The first-order valence-corrected chi connectivity index (χ1v) is 4.84. The highest BCUT2D eigenvalue weighted by molar-refractivity contribution is 6.35. The van der Waals surface area contributed by atoms with Gasteiger partial charge < -0.3 is 10.5 Å². The van der Waals surface area contributed by atoms with E-state index in [0.29, 0.717) is 0 Å². The first-order chi connectivity index (χ1) is 8.07. The lowest BCUT2D eigenvalue weighted by Crippen LogP contribution is -2.30. The molecule has 0 bridgehead atoms. The molecular weight excluding hydrogens is 222 g/mol. The molecule has 0 spiro atoms. The fourth-order valence-corrected chi connectivity index (χ4v) is 1.77. The zero-order valence-electron chi connectivity index (χ0n) is 9.02. The molecule has 0 radical (unpaired) electrons. The second-order valence-electron chi connectivity index (χ2n) is 3.48. The van der Waals surface area contributed by atoms with Crippen molar-refractivity contribution in [1.82, 2.24) is 0 Å². The van der Waals surface area contributed by atoms with E-state index in [1.807, 2.05) is 0 Å². The van der Waals surface area contributed by atoms with Crippen molar-refractivity contribution in [2.75, 3.05) is 7.11 Å². The van der Waals surface area contributed by atoms with E-state index < -0.39 is 23.0 Å². The number of nitrogens with two attached hydrogens (primary N) is 1. The molecular formula is C12H9NO4. The smallest absolute Gasteiger partial charge is 0.256 e. The third-order valence-corrected chi connectivity index (χ3v) is 2.53. The van der Waals surface area contributed by atoms with Crippen LogP contribution in [0.25, 0.3) is 0 Å². The van der Waals surface area contributed by atoms with E-state index >= 15 is 0 Å². The average Bonchev–Trinajstić information content (AvgIpc) is 2.33. The Bertz CT molecular complexity index is 572. The minimum atomic E-state index is -0.963. The number of hydrogen-bond acceptors (Lipinski definition) is 4. The lowest BCUT2D eigenvalue weighted by Gasteiger charge is -2.17. The third-order valence-electron chi connectivity index (χ3n) is 2.53. The number of ether oxygens (including phenoxy) is 1. The van der Waals surface area contributed by atoms with Gasteiger partial charge in [0.15, 0.2) is 5.76 Å². The lowest BCUT2D eigenvalue weighted by molar-refractivity contribution is -0.114. The summed E-state index contributed by atoms with van der Waals surface area (Å²) in [6, 6.07) is 6.23. The van der Waals surface area contributed by atoms with Crippen LogP contribution < -0.4 is 5.73 Å². The van der Waals surface area contributed by atoms with Gasteiger partial charge in [-0.25, -0.2) is 0 Å². The molecule has 0 atom stereocenters. The highest BCUT2D eigenvalue weighted by Gasteiger charge is 2.35. The predicted octanol–water partition coefficient (Wildman–Crippen LogP) is 0.451. The molecule has 1 aliphatic carbocycles. The highest BCUT2D eigenvalue weighted by Crippen LogP contribution is 2.26. The van der Waals surface area contributed by atoms with Crippen molar-refractivity contribution < 1.29 is 19.1 Å². The maximum absolute atomic E-state index is 12.0. The Balaban J connectivity index is 2.73. The predicted molar refractivity (Wildman–Crippen MR) is 58.3 cm³/mol. The zero-order valence-corrected chi connectivity index (χ0v) is 9.02. The first kappa shape index (κ1) is 11.1. The Morgan fingerprint density at radius 3 is 2.12 bits per heavy atom. The summed E-state index contributed by atoms with van der Waals surface area (Å²) in [4.78, 5) is 35.1. The molecule has 5 nitrogen and oxygen atoms in total. The van der Waals surface area contributed by atoms with Crippen LogP contribution in [0, 0.1) is 0 Å². The first-order valence-electron chi connectivity index (χ1n) is 4.84. The number of benzene rings is 1. The molecule has 1 amide bonds. The molecule has 86 valence electrons. The molecule has 0 aromatic heterocycles. The molecule has 17 heavy (non-hydrogen) atoms. The van der Waals surface area contributed by atoms with Gasteiger partial charge in [0, 0.05) is 11.1 Å². The van der Waals surface area contributed by atoms with Crippen molar-refractivity contribution in [1.29, 1.82) is 0 Å². The second kappa shape index (κ2) is 3.86. The van der Waals surface area contributed by atoms with E-state index in [4.69, 9.17) is 10.5 Å². The summed E-state index contributed by atoms with van der Waals surface area (Å²) >= 11 is 0. The number of methoxy groups -OCH3 is 1. The molecule has 0 unspecified atom stereocenters. The molecule has 0 saturated carbocycles. The highest BCUT2D eigenvalue weighted by atomic mass is 16.5. The van der Waals surface area contributed by atoms with E-state index in [1.165, 1.54) is 19.2 Å². The van der Waals surface area contributed by atoms with Crippen molar-refractivity contribution in [3.63, 3.8) is 0 Å². The number of hydrogen-bond donors (Lipinski definition) is 1. The summed E-state index contributed by atoms with van der Waals surface area (Å²) < 4.78 is 4.81. The van der Waals surface area contributed by atoms with Crippen LogP contribution in [0.4, 0.5) is 0 Å². The summed E-state index contributed by atoms with van der Waals surface area (Å²) in [6.45, 7) is 0. The zero-order chi connectivity index (χ0) is 12.6. The van der Waals surface area contributed by atoms with E-state index in [1.54, 1.807) is 12.1 Å². The van der Waals surface area contributed by atoms with Crippen LogP contribution in [0.15, 0.2) is 35.6 Å². The number of primary amides is 1. The van der Waals surface area contributed by atoms with Gasteiger partial charge in [-0.05, 0) is 0 Å². The molecule has 0 saturated heterocycles. The van der Waals surface area contributed by atoms with E-state index in [2.05, 4.69) is 0 Å². The number of fused-ring (bicyclic) bond motifs is 1. The normalized spacial score (nSPS) is 14.6. The molecule has 1 aromatic rings. The fourth-order valence-electron chi connectivity index (χ4n) is 1.77. The van der Waals surface area contributed by atoms with Gasteiger partial charge in [-0.2, -0.15) is 0 Å². The van der Waals surface area contributed by atoms with Gasteiger partial charge >= 0.3 is 0 Å². The molecule has 0 fully saturated rings. The number of allylic oxidation sites excluding steroid dienone is 1. The van der Waals surface area contributed by atoms with E-state index in [-0.39, 0.29) is 16.9 Å². The Morgan fingerprint density at radius 2 is 1.65 bits per heavy atom. The van der Waals surface area contributed by atoms with Gasteiger partial charge in [0.2, 0.25) is 11.6 Å². The number of Topliss-reactive ketones (excluding diaryl/α,β-unsaturated/α-hetero) is 2. The summed E-state index contributed by atoms with van der Waals surface area (Å²) in [7, 11) is 1.22. The minimum absolute atomic E-state index is 0.173. The molecule has 2 N–H and O–H groups in total. The Hall–Kier alpha value is -2.43. The van der Waals surface area contributed by atoms with Gasteiger partial charge in [0.1, 0.15) is 5.57 Å². The topological polar surface area (TPSA) is 86.5 Å². The summed E-state index contributed by atoms with van der Waals surface area (Å²) in [5, 5.41) is 0. The molecule has 0 aliphatic heterocycles. The molecule has 1 aromatic carbocycles. The Morgan fingerprint density at radius 1 is 1.12 bits per heavy atom.